The molecule has 0 N–H and O–H groups in total. The number of rotatable bonds is 19. The number of esters is 1. The normalized spacial score (nSPS) is 19.6. The molecule has 1 saturated carbocycles. The molecule has 1 unspecified atom stereocenters. The fourth-order valence-electron chi connectivity index (χ4n) is 5.46. The molecule has 0 spiro atoms. The van der Waals surface area contributed by atoms with Gasteiger partial charge in [-0.15, -0.1) is 0 Å². The predicted octanol–water partition coefficient (Wildman–Crippen LogP) is 10.3. The molecule has 1 aromatic rings. The molecular weight excluding hydrogens is 444 g/mol. The Balaban J connectivity index is 1.55. The van der Waals surface area contributed by atoms with Crippen molar-refractivity contribution in [1.29, 1.82) is 0 Å². The van der Waals surface area contributed by atoms with E-state index in [1.54, 1.807) is 0 Å². The van der Waals surface area contributed by atoms with Crippen LogP contribution in [0.3, 0.4) is 0 Å². The Hall–Kier alpha value is -1.51. The quantitative estimate of drug-likeness (QED) is 0.108. The van der Waals surface area contributed by atoms with Crippen molar-refractivity contribution >= 4 is 5.97 Å². The Morgan fingerprint density at radius 3 is 2.03 bits per heavy atom. The summed E-state index contributed by atoms with van der Waals surface area (Å²) in [5, 5.41) is 0. The molecule has 0 heterocycles. The van der Waals surface area contributed by atoms with E-state index in [4.69, 9.17) is 9.47 Å². The van der Waals surface area contributed by atoms with Crippen molar-refractivity contribution < 1.29 is 14.3 Å². The zero-order valence-corrected chi connectivity index (χ0v) is 24.1. The van der Waals surface area contributed by atoms with E-state index < -0.39 is 0 Å². The van der Waals surface area contributed by atoms with Gasteiger partial charge in [-0.05, 0) is 81.5 Å². The fourth-order valence-corrected chi connectivity index (χ4v) is 5.46. The highest BCUT2D eigenvalue weighted by Gasteiger charge is 2.27. The summed E-state index contributed by atoms with van der Waals surface area (Å²) in [6, 6.07) is 7.59. The van der Waals surface area contributed by atoms with E-state index in [0.717, 1.165) is 36.8 Å². The van der Waals surface area contributed by atoms with Crippen LogP contribution in [-0.4, -0.2) is 12.1 Å². The van der Waals surface area contributed by atoms with E-state index >= 15 is 0 Å². The molecule has 1 aromatic carbocycles. The van der Waals surface area contributed by atoms with Gasteiger partial charge in [0.25, 0.3) is 0 Å². The smallest absolute Gasteiger partial charge is 0.314 e. The van der Waals surface area contributed by atoms with Crippen LogP contribution < -0.4 is 9.47 Å². The van der Waals surface area contributed by atoms with Crippen LogP contribution in [0.15, 0.2) is 24.3 Å². The van der Waals surface area contributed by atoms with Gasteiger partial charge in [-0.1, -0.05) is 97.8 Å². The second-order valence-corrected chi connectivity index (χ2v) is 11.6. The Morgan fingerprint density at radius 1 is 0.778 bits per heavy atom. The lowest BCUT2D eigenvalue weighted by atomic mass is 9.79. The molecule has 3 heteroatoms. The molecule has 1 aliphatic rings. The first-order valence-corrected chi connectivity index (χ1v) is 15.5. The van der Waals surface area contributed by atoms with Crippen molar-refractivity contribution in [1.82, 2.24) is 0 Å². The van der Waals surface area contributed by atoms with Crippen LogP contribution in [0.4, 0.5) is 0 Å². The minimum Gasteiger partial charge on any atom is -0.491 e. The average Bonchev–Trinajstić information content (AvgIpc) is 2.89. The Morgan fingerprint density at radius 2 is 1.36 bits per heavy atom. The molecule has 0 saturated heterocycles. The number of carbonyl (C=O) groups is 1. The second-order valence-electron chi connectivity index (χ2n) is 11.6. The first kappa shape index (κ1) is 30.7. The molecule has 3 nitrogen and oxygen atoms in total. The number of unbranched alkanes of at least 4 members (excludes halogenated alkanes) is 8. The highest BCUT2D eigenvalue weighted by Crippen LogP contribution is 2.33. The van der Waals surface area contributed by atoms with Crippen LogP contribution in [0.5, 0.6) is 11.5 Å². The summed E-state index contributed by atoms with van der Waals surface area (Å²) in [7, 11) is 0. The molecule has 206 valence electrons. The number of hydrogen-bond donors (Lipinski definition) is 0. The zero-order chi connectivity index (χ0) is 26.0. The highest BCUT2D eigenvalue weighted by atomic mass is 16.5. The molecule has 36 heavy (non-hydrogen) atoms. The number of benzene rings is 1. The second kappa shape index (κ2) is 18.7. The molecule has 2 rings (SSSR count). The standard InChI is InChI=1S/C33H56O3/c1-5-7-8-14-17-28(4)35-31-23-25-32(26-24-31)36-33(34)30-21-19-29(20-22-30)18-15-12-10-9-11-13-16-27(3)6-2/h23-30H,5-22H2,1-4H3/t27?,28-,29?,30?/m1/s1. The lowest BCUT2D eigenvalue weighted by Crippen LogP contribution is -2.25. The van der Waals surface area contributed by atoms with Crippen LogP contribution >= 0.6 is 0 Å². The van der Waals surface area contributed by atoms with Gasteiger partial charge in [-0.25, -0.2) is 0 Å². The van der Waals surface area contributed by atoms with E-state index in [1.807, 2.05) is 24.3 Å². The Labute approximate surface area is 223 Å². The van der Waals surface area contributed by atoms with Gasteiger partial charge in [-0.2, -0.15) is 0 Å². The lowest BCUT2D eigenvalue weighted by molar-refractivity contribution is -0.140. The topological polar surface area (TPSA) is 35.5 Å². The lowest BCUT2D eigenvalue weighted by Gasteiger charge is -2.27. The van der Waals surface area contributed by atoms with Crippen LogP contribution in [0, 0.1) is 17.8 Å². The first-order chi connectivity index (χ1) is 17.5. The third-order valence-corrected chi connectivity index (χ3v) is 8.28. The van der Waals surface area contributed by atoms with Crippen molar-refractivity contribution in [3.63, 3.8) is 0 Å². The van der Waals surface area contributed by atoms with Crippen LogP contribution in [-0.2, 0) is 4.79 Å². The number of hydrogen-bond acceptors (Lipinski definition) is 3. The Kier molecular flexibility index (Phi) is 15.9. The SMILES string of the molecule is CCCCCC[C@@H](C)Oc1ccc(OC(=O)C2CCC(CCCCCCCCC(C)CC)CC2)cc1. The minimum atomic E-state index is -0.0520. The highest BCUT2D eigenvalue weighted by molar-refractivity contribution is 5.75. The molecule has 0 aliphatic heterocycles. The Bertz CT molecular complexity index is 675. The van der Waals surface area contributed by atoms with Crippen molar-refractivity contribution in [3.05, 3.63) is 24.3 Å². The van der Waals surface area contributed by atoms with Crippen LogP contribution in [0.25, 0.3) is 0 Å². The first-order valence-electron chi connectivity index (χ1n) is 15.5. The maximum absolute atomic E-state index is 12.7. The van der Waals surface area contributed by atoms with Crippen molar-refractivity contribution in [3.8, 4) is 11.5 Å². The van der Waals surface area contributed by atoms with E-state index in [1.165, 1.54) is 96.3 Å². The average molecular weight is 501 g/mol. The van der Waals surface area contributed by atoms with Gasteiger partial charge in [0.05, 0.1) is 12.0 Å². The summed E-state index contributed by atoms with van der Waals surface area (Å²) in [5.41, 5.74) is 0. The van der Waals surface area contributed by atoms with Gasteiger partial charge in [0.2, 0.25) is 0 Å². The molecule has 0 bridgehead atoms. The molecule has 0 aromatic heterocycles. The summed E-state index contributed by atoms with van der Waals surface area (Å²) in [6.45, 7) is 9.04. The van der Waals surface area contributed by atoms with Gasteiger partial charge >= 0.3 is 5.97 Å². The molecule has 1 fully saturated rings. The van der Waals surface area contributed by atoms with E-state index in [2.05, 4.69) is 27.7 Å². The maximum atomic E-state index is 12.7. The van der Waals surface area contributed by atoms with Gasteiger partial charge in [-0.3, -0.25) is 4.79 Å². The number of carbonyl (C=O) groups excluding carboxylic acids is 1. The van der Waals surface area contributed by atoms with Crippen molar-refractivity contribution in [2.75, 3.05) is 0 Å². The molecule has 2 atom stereocenters. The third-order valence-electron chi connectivity index (χ3n) is 8.28. The van der Waals surface area contributed by atoms with Crippen LogP contribution in [0.2, 0.25) is 0 Å². The maximum Gasteiger partial charge on any atom is 0.314 e. The molecular formula is C33H56O3. The number of ether oxygens (including phenoxy) is 2. The summed E-state index contributed by atoms with van der Waals surface area (Å²) >= 11 is 0. The summed E-state index contributed by atoms with van der Waals surface area (Å²) in [4.78, 5) is 12.7. The minimum absolute atomic E-state index is 0.0520. The molecule has 0 amide bonds. The van der Waals surface area contributed by atoms with Gasteiger partial charge in [0.1, 0.15) is 11.5 Å². The van der Waals surface area contributed by atoms with E-state index in [9.17, 15) is 4.79 Å². The van der Waals surface area contributed by atoms with Gasteiger partial charge < -0.3 is 9.47 Å². The van der Waals surface area contributed by atoms with Gasteiger partial charge in [0, 0.05) is 0 Å². The molecule has 0 radical (unpaired) electrons. The summed E-state index contributed by atoms with van der Waals surface area (Å²) in [5.74, 6) is 3.20. The predicted molar refractivity (Wildman–Crippen MR) is 153 cm³/mol. The van der Waals surface area contributed by atoms with Crippen molar-refractivity contribution in [2.45, 2.75) is 149 Å². The summed E-state index contributed by atoms with van der Waals surface area (Å²) < 4.78 is 11.7. The van der Waals surface area contributed by atoms with Gasteiger partial charge in [0.15, 0.2) is 0 Å². The fraction of sp³-hybridized carbons (Fsp3) is 0.788. The third kappa shape index (κ3) is 13.2. The van der Waals surface area contributed by atoms with Crippen LogP contribution in [0.1, 0.15) is 143 Å². The summed E-state index contributed by atoms with van der Waals surface area (Å²) in [6.07, 6.45) is 23.1. The molecule has 1 aliphatic carbocycles. The zero-order valence-electron chi connectivity index (χ0n) is 24.1. The largest absolute Gasteiger partial charge is 0.491 e. The monoisotopic (exact) mass is 500 g/mol. The van der Waals surface area contributed by atoms with E-state index in [0.29, 0.717) is 5.75 Å². The van der Waals surface area contributed by atoms with Crippen molar-refractivity contribution in [2.24, 2.45) is 17.8 Å². The van der Waals surface area contributed by atoms with E-state index in [-0.39, 0.29) is 18.0 Å².